The topological polar surface area (TPSA) is 12.5 Å². The van der Waals surface area contributed by atoms with Crippen molar-refractivity contribution in [1.82, 2.24) is 0 Å². The number of benzene rings is 2. The van der Waals surface area contributed by atoms with Gasteiger partial charge in [-0.3, -0.25) is 0 Å². The van der Waals surface area contributed by atoms with Crippen LogP contribution in [0.4, 0.5) is 5.69 Å². The minimum Gasteiger partial charge on any atom is -0.496 e. The zero-order chi connectivity index (χ0) is 10.8. The lowest BCUT2D eigenvalue weighted by Crippen LogP contribution is -2.08. The standard InChI is InChI=1S/C13H15NO/c1-14(2)12-8-4-7-11-10(12)6-5-9-13(11)15-3/h4-9H,1-3H3. The highest BCUT2D eigenvalue weighted by atomic mass is 16.5. The van der Waals surface area contributed by atoms with Crippen LogP contribution in [0.2, 0.25) is 0 Å². The highest BCUT2D eigenvalue weighted by molar-refractivity contribution is 5.97. The van der Waals surface area contributed by atoms with Gasteiger partial charge >= 0.3 is 0 Å². The summed E-state index contributed by atoms with van der Waals surface area (Å²) >= 11 is 0. The molecule has 78 valence electrons. The maximum atomic E-state index is 5.34. The lowest BCUT2D eigenvalue weighted by atomic mass is 10.1. The molecule has 0 spiro atoms. The van der Waals surface area contributed by atoms with Gasteiger partial charge in [-0.05, 0) is 12.1 Å². The Morgan fingerprint density at radius 1 is 0.933 bits per heavy atom. The number of anilines is 1. The van der Waals surface area contributed by atoms with Crippen LogP contribution in [0.15, 0.2) is 36.4 Å². The fraction of sp³-hybridized carbons (Fsp3) is 0.231. The van der Waals surface area contributed by atoms with Crippen molar-refractivity contribution < 1.29 is 4.74 Å². The van der Waals surface area contributed by atoms with E-state index >= 15 is 0 Å². The monoisotopic (exact) mass is 201 g/mol. The van der Waals surface area contributed by atoms with E-state index in [4.69, 9.17) is 4.74 Å². The maximum Gasteiger partial charge on any atom is 0.126 e. The first-order chi connectivity index (χ1) is 7.24. The molecule has 0 heterocycles. The van der Waals surface area contributed by atoms with E-state index in [1.54, 1.807) is 7.11 Å². The summed E-state index contributed by atoms with van der Waals surface area (Å²) in [6.07, 6.45) is 0. The van der Waals surface area contributed by atoms with Gasteiger partial charge in [0.15, 0.2) is 0 Å². The van der Waals surface area contributed by atoms with Crippen molar-refractivity contribution in [2.45, 2.75) is 0 Å². The van der Waals surface area contributed by atoms with Crippen molar-refractivity contribution in [3.63, 3.8) is 0 Å². The fourth-order valence-electron chi connectivity index (χ4n) is 1.83. The van der Waals surface area contributed by atoms with Crippen LogP contribution >= 0.6 is 0 Å². The molecule has 0 N–H and O–H groups in total. The van der Waals surface area contributed by atoms with Crippen molar-refractivity contribution in [2.24, 2.45) is 0 Å². The Kier molecular flexibility index (Phi) is 2.50. The first-order valence-corrected chi connectivity index (χ1v) is 4.97. The van der Waals surface area contributed by atoms with Gasteiger partial charge in [-0.15, -0.1) is 0 Å². The van der Waals surface area contributed by atoms with Gasteiger partial charge in [-0.1, -0.05) is 24.3 Å². The molecule has 0 bridgehead atoms. The van der Waals surface area contributed by atoms with E-state index in [9.17, 15) is 0 Å². The van der Waals surface area contributed by atoms with Crippen molar-refractivity contribution in [3.8, 4) is 5.75 Å². The highest BCUT2D eigenvalue weighted by Gasteiger charge is 2.05. The molecule has 2 rings (SSSR count). The van der Waals surface area contributed by atoms with Crippen molar-refractivity contribution in [3.05, 3.63) is 36.4 Å². The molecule has 15 heavy (non-hydrogen) atoms. The highest BCUT2D eigenvalue weighted by Crippen LogP contribution is 2.31. The summed E-state index contributed by atoms with van der Waals surface area (Å²) in [6.45, 7) is 0. The Morgan fingerprint density at radius 3 is 2.27 bits per heavy atom. The SMILES string of the molecule is COc1cccc2c(N(C)C)cccc12. The third-order valence-electron chi connectivity index (χ3n) is 2.56. The third kappa shape index (κ3) is 1.63. The van der Waals surface area contributed by atoms with Crippen LogP contribution < -0.4 is 9.64 Å². The zero-order valence-corrected chi connectivity index (χ0v) is 9.32. The Morgan fingerprint density at radius 2 is 1.60 bits per heavy atom. The zero-order valence-electron chi connectivity index (χ0n) is 9.32. The molecular weight excluding hydrogens is 186 g/mol. The molecule has 0 atom stereocenters. The molecule has 0 amide bonds. The second-order valence-electron chi connectivity index (χ2n) is 3.73. The van der Waals surface area contributed by atoms with E-state index in [1.165, 1.54) is 11.1 Å². The molecule has 0 fully saturated rings. The minimum atomic E-state index is 0.927. The largest absolute Gasteiger partial charge is 0.496 e. The maximum absolute atomic E-state index is 5.34. The first-order valence-electron chi connectivity index (χ1n) is 4.97. The summed E-state index contributed by atoms with van der Waals surface area (Å²) in [6, 6.07) is 12.4. The first kappa shape index (κ1) is 9.84. The summed E-state index contributed by atoms with van der Waals surface area (Å²) in [7, 11) is 5.81. The third-order valence-corrected chi connectivity index (χ3v) is 2.56. The second-order valence-corrected chi connectivity index (χ2v) is 3.73. The van der Waals surface area contributed by atoms with Crippen LogP contribution in [0.1, 0.15) is 0 Å². The molecule has 0 aromatic heterocycles. The van der Waals surface area contributed by atoms with Gasteiger partial charge < -0.3 is 9.64 Å². The molecule has 0 saturated heterocycles. The Hall–Kier alpha value is -1.70. The average molecular weight is 201 g/mol. The van der Waals surface area contributed by atoms with Gasteiger partial charge in [0, 0.05) is 30.6 Å². The molecule has 0 radical (unpaired) electrons. The summed E-state index contributed by atoms with van der Waals surface area (Å²) in [5.74, 6) is 0.927. The van der Waals surface area contributed by atoms with E-state index in [2.05, 4.69) is 29.2 Å². The van der Waals surface area contributed by atoms with Crippen molar-refractivity contribution in [2.75, 3.05) is 26.1 Å². The smallest absolute Gasteiger partial charge is 0.126 e. The number of ether oxygens (including phenoxy) is 1. The predicted octanol–water partition coefficient (Wildman–Crippen LogP) is 2.91. The van der Waals surface area contributed by atoms with Crippen LogP contribution in [0.5, 0.6) is 5.75 Å². The quantitative estimate of drug-likeness (QED) is 0.740. The number of hydrogen-bond donors (Lipinski definition) is 0. The van der Waals surface area contributed by atoms with Crippen LogP contribution in [0.3, 0.4) is 0 Å². The van der Waals surface area contributed by atoms with Gasteiger partial charge in [-0.25, -0.2) is 0 Å². The van der Waals surface area contributed by atoms with Gasteiger partial charge in [0.25, 0.3) is 0 Å². The Labute approximate surface area is 90.1 Å². The van der Waals surface area contributed by atoms with Gasteiger partial charge in [0.2, 0.25) is 0 Å². The van der Waals surface area contributed by atoms with E-state index in [0.29, 0.717) is 0 Å². The predicted molar refractivity (Wildman–Crippen MR) is 64.8 cm³/mol. The van der Waals surface area contributed by atoms with Crippen LogP contribution in [0.25, 0.3) is 10.8 Å². The number of methoxy groups -OCH3 is 1. The molecule has 2 aromatic carbocycles. The van der Waals surface area contributed by atoms with Crippen molar-refractivity contribution in [1.29, 1.82) is 0 Å². The lowest BCUT2D eigenvalue weighted by molar-refractivity contribution is 0.420. The molecule has 2 nitrogen and oxygen atoms in total. The summed E-state index contributed by atoms with van der Waals surface area (Å²) in [4.78, 5) is 2.11. The molecule has 0 saturated carbocycles. The molecule has 0 unspecified atom stereocenters. The number of rotatable bonds is 2. The molecule has 0 aliphatic heterocycles. The lowest BCUT2D eigenvalue weighted by Gasteiger charge is -2.16. The van der Waals surface area contributed by atoms with Crippen molar-refractivity contribution >= 4 is 16.5 Å². The van der Waals surface area contributed by atoms with E-state index in [1.807, 2.05) is 26.2 Å². The Bertz CT molecular complexity index is 477. The van der Waals surface area contributed by atoms with Crippen LogP contribution in [-0.2, 0) is 0 Å². The fourth-order valence-corrected chi connectivity index (χ4v) is 1.83. The molecular formula is C13H15NO. The second kappa shape index (κ2) is 3.81. The van der Waals surface area contributed by atoms with E-state index in [-0.39, 0.29) is 0 Å². The molecule has 2 aromatic rings. The average Bonchev–Trinajstić information content (AvgIpc) is 2.27. The van der Waals surface area contributed by atoms with E-state index in [0.717, 1.165) is 11.1 Å². The molecule has 0 aliphatic carbocycles. The van der Waals surface area contributed by atoms with Gasteiger partial charge in [-0.2, -0.15) is 0 Å². The van der Waals surface area contributed by atoms with Crippen LogP contribution in [-0.4, -0.2) is 21.2 Å². The normalized spacial score (nSPS) is 10.3. The van der Waals surface area contributed by atoms with Gasteiger partial charge in [0.1, 0.15) is 5.75 Å². The molecule has 2 heteroatoms. The summed E-state index contributed by atoms with van der Waals surface area (Å²) in [5, 5.41) is 2.38. The number of fused-ring (bicyclic) bond motifs is 1. The van der Waals surface area contributed by atoms with E-state index < -0.39 is 0 Å². The Balaban J connectivity index is 2.76. The number of nitrogens with zero attached hydrogens (tertiary/aromatic N) is 1. The summed E-state index contributed by atoms with van der Waals surface area (Å²) < 4.78 is 5.34. The number of hydrogen-bond acceptors (Lipinski definition) is 2. The molecule has 0 aliphatic rings. The minimum absolute atomic E-state index is 0.927. The summed E-state index contributed by atoms with van der Waals surface area (Å²) in [5.41, 5.74) is 1.21. The van der Waals surface area contributed by atoms with Crippen LogP contribution in [0, 0.1) is 0 Å². The van der Waals surface area contributed by atoms with Gasteiger partial charge in [0.05, 0.1) is 7.11 Å².